The number of carbonyl (C=O) groups excluding carboxylic acids is 1. The van der Waals surface area contributed by atoms with Gasteiger partial charge in [0, 0.05) is 17.9 Å². The van der Waals surface area contributed by atoms with Gasteiger partial charge in [0.1, 0.15) is 5.56 Å². The molecule has 3 rings (SSSR count). The van der Waals surface area contributed by atoms with E-state index in [9.17, 15) is 9.59 Å². The topological polar surface area (TPSA) is 51.1 Å². The largest absolute Gasteiger partial charge is 0.347 e. The van der Waals surface area contributed by atoms with Gasteiger partial charge in [-0.25, -0.2) is 0 Å². The Morgan fingerprint density at radius 1 is 1.25 bits per heavy atom. The van der Waals surface area contributed by atoms with E-state index >= 15 is 0 Å². The molecule has 0 fully saturated rings. The van der Waals surface area contributed by atoms with Crippen LogP contribution < -0.4 is 10.7 Å². The number of benzene rings is 1. The van der Waals surface area contributed by atoms with Crippen LogP contribution in [0, 0.1) is 6.92 Å². The van der Waals surface area contributed by atoms with Crippen LogP contribution in [0.15, 0.2) is 33.5 Å². The van der Waals surface area contributed by atoms with Gasteiger partial charge >= 0.3 is 0 Å². The van der Waals surface area contributed by atoms with Crippen molar-refractivity contribution in [3.63, 3.8) is 0 Å². The first-order chi connectivity index (χ1) is 11.5. The van der Waals surface area contributed by atoms with E-state index < -0.39 is 5.91 Å². The first kappa shape index (κ1) is 17.2. The van der Waals surface area contributed by atoms with Gasteiger partial charge in [-0.15, -0.1) is 0 Å². The first-order valence-corrected chi connectivity index (χ1v) is 9.15. The van der Waals surface area contributed by atoms with Crippen molar-refractivity contribution in [3.8, 4) is 0 Å². The Bertz CT molecular complexity index is 861. The molecule has 0 spiro atoms. The number of nitrogens with one attached hydrogen (secondary N) is 1. The van der Waals surface area contributed by atoms with Crippen LogP contribution in [0.5, 0.6) is 0 Å². The number of hydrogen-bond donors (Lipinski definition) is 1. The van der Waals surface area contributed by atoms with E-state index in [2.05, 4.69) is 25.8 Å². The molecule has 0 aliphatic carbocycles. The number of carbonyl (C=O) groups is 1. The molecule has 6 heteroatoms. The van der Waals surface area contributed by atoms with Crippen molar-refractivity contribution in [1.29, 1.82) is 0 Å². The number of anilines is 1. The normalized spacial score (nSPS) is 14.0. The van der Waals surface area contributed by atoms with E-state index in [1.54, 1.807) is 24.3 Å². The predicted octanol–water partition coefficient (Wildman–Crippen LogP) is 4.55. The molecule has 4 nitrogen and oxygen atoms in total. The molecule has 1 aromatic carbocycles. The van der Waals surface area contributed by atoms with Crippen LogP contribution in [0.25, 0.3) is 0 Å². The van der Waals surface area contributed by atoms with Gasteiger partial charge in [0.2, 0.25) is 5.43 Å². The maximum Gasteiger partial charge on any atom is 0.261 e. The van der Waals surface area contributed by atoms with Gasteiger partial charge in [0.05, 0.1) is 15.2 Å². The fourth-order valence-corrected chi connectivity index (χ4v) is 3.74. The lowest BCUT2D eigenvalue weighted by Crippen LogP contribution is -2.29. The molecule has 1 N–H and O–H groups in total. The molecule has 0 atom stereocenters. The molecule has 0 bridgehead atoms. The van der Waals surface area contributed by atoms with Crippen LogP contribution >= 0.6 is 27.5 Å². The number of aromatic nitrogens is 1. The summed E-state index contributed by atoms with van der Waals surface area (Å²) < 4.78 is 2.55. The zero-order chi connectivity index (χ0) is 17.3. The fourth-order valence-electron chi connectivity index (χ4n) is 3.14. The molecule has 1 aromatic heterocycles. The molecule has 0 unspecified atom stereocenters. The molecule has 24 heavy (non-hydrogen) atoms. The number of para-hydroxylation sites is 1. The minimum Gasteiger partial charge on any atom is -0.347 e. The van der Waals surface area contributed by atoms with Crippen LogP contribution in [-0.4, -0.2) is 10.5 Å². The minimum atomic E-state index is -0.403. The maximum absolute atomic E-state index is 12.8. The average molecular weight is 410 g/mol. The Balaban J connectivity index is 2.10. The van der Waals surface area contributed by atoms with Crippen molar-refractivity contribution in [3.05, 3.63) is 60.9 Å². The lowest BCUT2D eigenvalue weighted by atomic mass is 10.1. The molecule has 2 aromatic rings. The lowest BCUT2D eigenvalue weighted by Gasteiger charge is -2.19. The minimum absolute atomic E-state index is 0.217. The monoisotopic (exact) mass is 408 g/mol. The van der Waals surface area contributed by atoms with E-state index in [0.29, 0.717) is 15.2 Å². The second-order valence-corrected chi connectivity index (χ2v) is 7.15. The molecule has 126 valence electrons. The Kier molecular flexibility index (Phi) is 5.11. The van der Waals surface area contributed by atoms with Gasteiger partial charge < -0.3 is 9.88 Å². The summed E-state index contributed by atoms with van der Waals surface area (Å²) in [5.74, 6) is -0.403. The number of fused-ring (bicyclic) bond motifs is 1. The molecule has 1 aliphatic heterocycles. The smallest absolute Gasteiger partial charge is 0.261 e. The quantitative estimate of drug-likeness (QED) is 0.791. The van der Waals surface area contributed by atoms with Gasteiger partial charge in [-0.05, 0) is 54.2 Å². The highest BCUT2D eigenvalue weighted by Gasteiger charge is 2.24. The summed E-state index contributed by atoms with van der Waals surface area (Å²) in [5.41, 5.74) is 2.17. The van der Waals surface area contributed by atoms with Crippen molar-refractivity contribution in [2.45, 2.75) is 39.2 Å². The molecular formula is C18H18BrClN2O2. The average Bonchev–Trinajstić information content (AvgIpc) is 2.81. The van der Waals surface area contributed by atoms with Crippen molar-refractivity contribution in [2.75, 3.05) is 5.32 Å². The zero-order valence-electron chi connectivity index (χ0n) is 13.4. The third kappa shape index (κ3) is 3.15. The highest BCUT2D eigenvalue weighted by Crippen LogP contribution is 2.25. The van der Waals surface area contributed by atoms with E-state index in [1.807, 2.05) is 6.92 Å². The highest BCUT2D eigenvalue weighted by atomic mass is 79.9. The summed E-state index contributed by atoms with van der Waals surface area (Å²) in [6.45, 7) is 2.74. The summed E-state index contributed by atoms with van der Waals surface area (Å²) in [4.78, 5) is 25.6. The van der Waals surface area contributed by atoms with Gasteiger partial charge in [0.25, 0.3) is 5.91 Å². The van der Waals surface area contributed by atoms with Gasteiger partial charge in [-0.3, -0.25) is 9.59 Å². The summed E-state index contributed by atoms with van der Waals surface area (Å²) in [6.07, 6.45) is 3.86. The van der Waals surface area contributed by atoms with E-state index in [4.69, 9.17) is 11.6 Å². The molecular weight excluding hydrogens is 392 g/mol. The Hall–Kier alpha value is -1.59. The molecule has 0 saturated heterocycles. The Morgan fingerprint density at radius 3 is 2.75 bits per heavy atom. The van der Waals surface area contributed by atoms with Crippen molar-refractivity contribution in [1.82, 2.24) is 4.57 Å². The molecule has 0 saturated carbocycles. The van der Waals surface area contributed by atoms with E-state index in [1.165, 1.54) is 0 Å². The highest BCUT2D eigenvalue weighted by molar-refractivity contribution is 9.10. The van der Waals surface area contributed by atoms with E-state index in [0.717, 1.165) is 43.6 Å². The fraction of sp³-hybridized carbons (Fsp3) is 0.333. The van der Waals surface area contributed by atoms with Crippen molar-refractivity contribution >= 4 is 39.1 Å². The second-order valence-electron chi connectivity index (χ2n) is 5.95. The lowest BCUT2D eigenvalue weighted by molar-refractivity contribution is 0.102. The second kappa shape index (κ2) is 7.11. The standard InChI is InChI=1S/C18H18BrClN2O2/c1-11-16(19)17(23)15(14-9-3-2-6-10-22(11)14)18(24)21-13-8-5-4-7-12(13)20/h4-5,7-8H,2-3,6,9-10H2,1H3,(H,21,24). The third-order valence-electron chi connectivity index (χ3n) is 4.41. The summed E-state index contributed by atoms with van der Waals surface area (Å²) >= 11 is 9.48. The van der Waals surface area contributed by atoms with Crippen LogP contribution in [0.1, 0.15) is 41.0 Å². The van der Waals surface area contributed by atoms with Crippen LogP contribution in [0.3, 0.4) is 0 Å². The zero-order valence-corrected chi connectivity index (χ0v) is 15.7. The van der Waals surface area contributed by atoms with Gasteiger partial charge in [0.15, 0.2) is 0 Å². The predicted molar refractivity (Wildman–Crippen MR) is 100 cm³/mol. The Labute approximate surface area is 154 Å². The van der Waals surface area contributed by atoms with Gasteiger partial charge in [-0.1, -0.05) is 30.2 Å². The number of pyridine rings is 1. The summed E-state index contributed by atoms with van der Waals surface area (Å²) in [7, 11) is 0. The van der Waals surface area contributed by atoms with Crippen molar-refractivity contribution in [2.24, 2.45) is 0 Å². The van der Waals surface area contributed by atoms with Crippen LogP contribution in [0.2, 0.25) is 5.02 Å². The molecule has 0 radical (unpaired) electrons. The molecule has 1 amide bonds. The number of hydrogen-bond acceptors (Lipinski definition) is 2. The number of halogens is 2. The molecule has 2 heterocycles. The summed E-state index contributed by atoms with van der Waals surface area (Å²) in [6, 6.07) is 7.01. The molecule has 1 aliphatic rings. The summed E-state index contributed by atoms with van der Waals surface area (Å²) in [5, 5.41) is 3.23. The van der Waals surface area contributed by atoms with E-state index in [-0.39, 0.29) is 11.0 Å². The number of nitrogens with zero attached hydrogens (tertiary/aromatic N) is 1. The first-order valence-electron chi connectivity index (χ1n) is 7.98. The Morgan fingerprint density at radius 2 is 2.00 bits per heavy atom. The van der Waals surface area contributed by atoms with Crippen molar-refractivity contribution < 1.29 is 4.79 Å². The third-order valence-corrected chi connectivity index (χ3v) is 5.67. The van der Waals surface area contributed by atoms with Crippen LogP contribution in [0.4, 0.5) is 5.69 Å². The maximum atomic E-state index is 12.8. The van der Waals surface area contributed by atoms with Crippen LogP contribution in [-0.2, 0) is 13.0 Å². The van der Waals surface area contributed by atoms with Gasteiger partial charge in [-0.2, -0.15) is 0 Å². The number of amides is 1. The number of rotatable bonds is 2. The SMILES string of the molecule is Cc1c(Br)c(=O)c(C(=O)Nc2ccccc2Cl)c2n1CCCCC2.